The average Bonchev–Trinajstić information content (AvgIpc) is 3.27. The van der Waals surface area contributed by atoms with Crippen molar-refractivity contribution in [2.24, 2.45) is 0 Å². The third-order valence-corrected chi connectivity index (χ3v) is 6.31. The van der Waals surface area contributed by atoms with Crippen LogP contribution in [-0.4, -0.2) is 37.6 Å². The number of nitrogens with one attached hydrogen (secondary N) is 1. The Balaban J connectivity index is 1.56. The number of anilines is 2. The lowest BCUT2D eigenvalue weighted by molar-refractivity contribution is 0.335. The van der Waals surface area contributed by atoms with E-state index in [0.717, 1.165) is 22.4 Å². The van der Waals surface area contributed by atoms with Crippen LogP contribution in [-0.2, 0) is 12.3 Å². The summed E-state index contributed by atoms with van der Waals surface area (Å²) in [7, 11) is 0. The van der Waals surface area contributed by atoms with Crippen molar-refractivity contribution in [2.45, 2.75) is 19.2 Å². The first kappa shape index (κ1) is 24.6. The molecule has 0 atom stereocenters. The molecule has 0 amide bonds. The maximum Gasteiger partial charge on any atom is 0.182 e. The standard InChI is InChI=1S/C27H24F2N6OS/c1-3-36-19-12-22(28)21(23(29)13-19)15-35-24-7-5-4-6-20(24)25(34-35)27-31-14-17(16-37-2)26(33-27)32-18-8-10-30-11-9-18/h4-14H,3,15-16H2,1-2H3,(H,30,31,32,33). The molecule has 3 heterocycles. The quantitative estimate of drug-likeness (QED) is 0.248. The summed E-state index contributed by atoms with van der Waals surface area (Å²) in [5.74, 6) is 0.563. The summed E-state index contributed by atoms with van der Waals surface area (Å²) in [6.07, 6.45) is 7.19. The average molecular weight is 519 g/mol. The maximum absolute atomic E-state index is 14.8. The van der Waals surface area contributed by atoms with E-state index >= 15 is 0 Å². The number of pyridine rings is 1. The fourth-order valence-electron chi connectivity index (χ4n) is 4.01. The molecule has 0 aliphatic heterocycles. The molecular weight excluding hydrogens is 494 g/mol. The van der Waals surface area contributed by atoms with Crippen LogP contribution in [0.1, 0.15) is 18.1 Å². The van der Waals surface area contributed by atoms with Crippen molar-refractivity contribution in [1.82, 2.24) is 24.7 Å². The number of fused-ring (bicyclic) bond motifs is 1. The lowest BCUT2D eigenvalue weighted by atomic mass is 10.1. The molecular formula is C27H24F2N6OS. The van der Waals surface area contributed by atoms with Crippen LogP contribution in [0.2, 0.25) is 0 Å². The van der Waals surface area contributed by atoms with Gasteiger partial charge in [0.05, 0.1) is 18.7 Å². The van der Waals surface area contributed by atoms with Gasteiger partial charge in [0.1, 0.15) is 28.9 Å². The minimum Gasteiger partial charge on any atom is -0.494 e. The Bertz CT molecular complexity index is 1520. The van der Waals surface area contributed by atoms with Crippen LogP contribution in [0.5, 0.6) is 5.75 Å². The summed E-state index contributed by atoms with van der Waals surface area (Å²) in [5, 5.41) is 8.83. The molecule has 0 aliphatic carbocycles. The predicted molar refractivity (Wildman–Crippen MR) is 142 cm³/mol. The van der Waals surface area contributed by atoms with E-state index in [1.807, 2.05) is 42.7 Å². The number of hydrogen-bond acceptors (Lipinski definition) is 7. The third-order valence-electron chi connectivity index (χ3n) is 5.71. The van der Waals surface area contributed by atoms with Crippen LogP contribution in [0.3, 0.4) is 0 Å². The molecule has 0 fully saturated rings. The molecule has 10 heteroatoms. The Morgan fingerprint density at radius 1 is 1.05 bits per heavy atom. The van der Waals surface area contributed by atoms with E-state index in [-0.39, 0.29) is 17.9 Å². The molecule has 2 aromatic carbocycles. The number of benzene rings is 2. The summed E-state index contributed by atoms with van der Waals surface area (Å²) >= 11 is 1.66. The van der Waals surface area contributed by atoms with Crippen LogP contribution >= 0.6 is 11.8 Å². The second kappa shape index (κ2) is 10.9. The van der Waals surface area contributed by atoms with E-state index in [2.05, 4.69) is 15.3 Å². The lowest BCUT2D eigenvalue weighted by Gasteiger charge is -2.11. The van der Waals surface area contributed by atoms with Gasteiger partial charge in [-0.1, -0.05) is 18.2 Å². The fraction of sp³-hybridized carbons (Fsp3) is 0.185. The number of para-hydroxylation sites is 1. The Hall–Kier alpha value is -4.05. The Morgan fingerprint density at radius 2 is 1.81 bits per heavy atom. The Labute approximate surface area is 216 Å². The smallest absolute Gasteiger partial charge is 0.182 e. The van der Waals surface area contributed by atoms with Crippen LogP contribution in [0.15, 0.2) is 67.1 Å². The second-order valence-corrected chi connectivity index (χ2v) is 9.05. The second-order valence-electron chi connectivity index (χ2n) is 8.18. The largest absolute Gasteiger partial charge is 0.494 e. The molecule has 0 spiro atoms. The molecule has 188 valence electrons. The Kier molecular flexibility index (Phi) is 7.27. The minimum atomic E-state index is -0.689. The minimum absolute atomic E-state index is 0.0977. The van der Waals surface area contributed by atoms with Crippen molar-refractivity contribution in [3.05, 3.63) is 89.9 Å². The zero-order chi connectivity index (χ0) is 25.8. The van der Waals surface area contributed by atoms with E-state index in [1.54, 1.807) is 42.0 Å². The van der Waals surface area contributed by atoms with E-state index in [1.165, 1.54) is 12.1 Å². The van der Waals surface area contributed by atoms with Gasteiger partial charge in [-0.05, 0) is 31.4 Å². The number of nitrogens with zero attached hydrogens (tertiary/aromatic N) is 5. The first-order valence-electron chi connectivity index (χ1n) is 11.7. The zero-order valence-electron chi connectivity index (χ0n) is 20.3. The van der Waals surface area contributed by atoms with Crippen molar-refractivity contribution >= 4 is 34.2 Å². The normalized spacial score (nSPS) is 11.1. The predicted octanol–water partition coefficient (Wildman–Crippen LogP) is 6.22. The van der Waals surface area contributed by atoms with Gasteiger partial charge in [0.25, 0.3) is 0 Å². The molecule has 0 unspecified atom stereocenters. The van der Waals surface area contributed by atoms with Gasteiger partial charge in [0.15, 0.2) is 5.82 Å². The summed E-state index contributed by atoms with van der Waals surface area (Å²) in [6.45, 7) is 1.98. The molecule has 3 aromatic heterocycles. The lowest BCUT2D eigenvalue weighted by Crippen LogP contribution is -2.07. The highest BCUT2D eigenvalue weighted by atomic mass is 32.2. The van der Waals surface area contributed by atoms with Gasteiger partial charge in [-0.15, -0.1) is 0 Å². The van der Waals surface area contributed by atoms with Crippen LogP contribution in [0, 0.1) is 11.6 Å². The molecule has 1 N–H and O–H groups in total. The first-order chi connectivity index (χ1) is 18.1. The van der Waals surface area contributed by atoms with E-state index in [9.17, 15) is 8.78 Å². The summed E-state index contributed by atoms with van der Waals surface area (Å²) < 4.78 is 36.5. The van der Waals surface area contributed by atoms with E-state index in [0.29, 0.717) is 29.5 Å². The molecule has 0 saturated heterocycles. The molecule has 0 bridgehead atoms. The Morgan fingerprint density at radius 3 is 2.54 bits per heavy atom. The molecule has 0 aliphatic rings. The van der Waals surface area contributed by atoms with Gasteiger partial charge < -0.3 is 10.1 Å². The van der Waals surface area contributed by atoms with Gasteiger partial charge in [0.2, 0.25) is 0 Å². The topological polar surface area (TPSA) is 77.8 Å². The zero-order valence-corrected chi connectivity index (χ0v) is 21.1. The van der Waals surface area contributed by atoms with E-state index < -0.39 is 11.6 Å². The number of aromatic nitrogens is 5. The van der Waals surface area contributed by atoms with Crippen molar-refractivity contribution in [2.75, 3.05) is 18.2 Å². The van der Waals surface area contributed by atoms with Crippen molar-refractivity contribution in [1.29, 1.82) is 0 Å². The first-order valence-corrected chi connectivity index (χ1v) is 13.0. The van der Waals surface area contributed by atoms with Gasteiger partial charge in [-0.3, -0.25) is 9.67 Å². The van der Waals surface area contributed by atoms with E-state index in [4.69, 9.17) is 14.8 Å². The molecule has 0 saturated carbocycles. The fourth-order valence-corrected chi connectivity index (χ4v) is 4.53. The summed E-state index contributed by atoms with van der Waals surface area (Å²) in [4.78, 5) is 13.4. The van der Waals surface area contributed by atoms with Crippen LogP contribution in [0.25, 0.3) is 22.4 Å². The highest BCUT2D eigenvalue weighted by Crippen LogP contribution is 2.30. The molecule has 37 heavy (non-hydrogen) atoms. The van der Waals surface area contributed by atoms with Crippen molar-refractivity contribution < 1.29 is 13.5 Å². The van der Waals surface area contributed by atoms with Crippen molar-refractivity contribution in [3.63, 3.8) is 0 Å². The van der Waals surface area contributed by atoms with Gasteiger partial charge >= 0.3 is 0 Å². The molecule has 0 radical (unpaired) electrons. The summed E-state index contributed by atoms with van der Waals surface area (Å²) in [5.41, 5.74) is 2.93. The molecule has 5 aromatic rings. The van der Waals surface area contributed by atoms with Gasteiger partial charge in [-0.25, -0.2) is 18.7 Å². The van der Waals surface area contributed by atoms with Gasteiger partial charge in [0, 0.05) is 58.7 Å². The maximum atomic E-state index is 14.8. The monoisotopic (exact) mass is 518 g/mol. The van der Waals surface area contributed by atoms with Gasteiger partial charge in [-0.2, -0.15) is 16.9 Å². The number of rotatable bonds is 9. The van der Waals surface area contributed by atoms with Crippen LogP contribution < -0.4 is 10.1 Å². The number of ether oxygens (including phenoxy) is 1. The van der Waals surface area contributed by atoms with Crippen molar-refractivity contribution in [3.8, 4) is 17.3 Å². The number of halogens is 2. The highest BCUT2D eigenvalue weighted by Gasteiger charge is 2.19. The molecule has 7 nitrogen and oxygen atoms in total. The number of hydrogen-bond donors (Lipinski definition) is 1. The summed E-state index contributed by atoms with van der Waals surface area (Å²) in [6, 6.07) is 13.6. The highest BCUT2D eigenvalue weighted by molar-refractivity contribution is 7.97. The number of thioether (sulfide) groups is 1. The third kappa shape index (κ3) is 5.24. The molecule has 5 rings (SSSR count). The van der Waals surface area contributed by atoms with Crippen LogP contribution in [0.4, 0.5) is 20.3 Å². The SMILES string of the molecule is CCOc1cc(F)c(Cn2nc(-c3ncc(CSC)c(Nc4ccncc4)n3)c3ccccc32)c(F)c1.